The second kappa shape index (κ2) is 9.71. The summed E-state index contributed by atoms with van der Waals surface area (Å²) in [5.41, 5.74) is -0.466. The van der Waals surface area contributed by atoms with Crippen LogP contribution in [0.4, 0.5) is 24.7 Å². The topological polar surface area (TPSA) is 92.0 Å². The first-order valence-electron chi connectivity index (χ1n) is 11.2. The number of carbonyl (C=O) groups excluding carboxylic acids is 1. The van der Waals surface area contributed by atoms with Crippen molar-refractivity contribution < 1.29 is 22.8 Å². The highest BCUT2D eigenvalue weighted by Crippen LogP contribution is 2.38. The molecule has 0 bridgehead atoms. The van der Waals surface area contributed by atoms with Gasteiger partial charge < -0.3 is 15.1 Å². The van der Waals surface area contributed by atoms with Crippen LogP contribution in [0.25, 0.3) is 5.69 Å². The number of halogens is 3. The molecule has 4 rings (SSSR count). The molecule has 0 radical (unpaired) electrons. The largest absolute Gasteiger partial charge is 0.493 e. The van der Waals surface area contributed by atoms with Crippen LogP contribution in [-0.4, -0.2) is 65.2 Å². The maximum absolute atomic E-state index is 13.8. The Kier molecular flexibility index (Phi) is 6.83. The first-order valence-corrected chi connectivity index (χ1v) is 11.2. The minimum absolute atomic E-state index is 0.0560. The number of carbonyl (C=O) groups is 1. The van der Waals surface area contributed by atoms with Gasteiger partial charge in [-0.2, -0.15) is 13.2 Å². The summed E-state index contributed by atoms with van der Waals surface area (Å²) < 4.78 is 41.6. The van der Waals surface area contributed by atoms with Crippen molar-refractivity contribution in [2.45, 2.75) is 26.3 Å². The summed E-state index contributed by atoms with van der Waals surface area (Å²) in [5.74, 6) is 2.84. The average Bonchev–Trinajstić information content (AvgIpc) is 3.16. The highest BCUT2D eigenvalue weighted by atomic mass is 19.4. The number of benzene rings is 1. The zero-order chi connectivity index (χ0) is 26.2. The van der Waals surface area contributed by atoms with Crippen LogP contribution in [0.2, 0.25) is 0 Å². The highest BCUT2D eigenvalue weighted by Gasteiger charge is 2.50. The minimum atomic E-state index is -5.29. The van der Waals surface area contributed by atoms with E-state index in [1.807, 2.05) is 6.92 Å². The molecule has 0 saturated carbocycles. The van der Waals surface area contributed by atoms with Crippen LogP contribution in [0.15, 0.2) is 33.9 Å². The van der Waals surface area contributed by atoms with E-state index in [9.17, 15) is 27.6 Å². The summed E-state index contributed by atoms with van der Waals surface area (Å²) in [6.07, 6.45) is -6.41. The van der Waals surface area contributed by atoms with E-state index >= 15 is 0 Å². The van der Waals surface area contributed by atoms with E-state index in [1.54, 1.807) is 36.1 Å². The lowest BCUT2D eigenvalue weighted by Gasteiger charge is -2.40. The summed E-state index contributed by atoms with van der Waals surface area (Å²) in [6.45, 7) is 5.19. The van der Waals surface area contributed by atoms with Gasteiger partial charge >= 0.3 is 17.8 Å². The Hall–Kier alpha value is -3.76. The number of alkyl halides is 3. The van der Waals surface area contributed by atoms with Crippen LogP contribution in [0.1, 0.15) is 12.5 Å². The molecule has 2 aliphatic rings. The van der Waals surface area contributed by atoms with E-state index < -0.39 is 29.7 Å². The Labute approximate surface area is 204 Å². The molecular formula is C23H25F3N6O4. The number of piperazine rings is 1. The average molecular weight is 506 g/mol. The standard InChI is InChI=1S/C23H25F3N6O4/c1-4-5-12-30-17-18(28(3)22(35)31(19(17)33)16-8-6-15(2)7-9-16)32(36-20(34)23(24,25)26)21(30)29-13-10-27-11-14-29/h6-9,21,27H,10-14H2,1-3H3. The number of hydrogen-bond donors (Lipinski definition) is 1. The van der Waals surface area contributed by atoms with Gasteiger partial charge in [-0.25, -0.2) is 14.2 Å². The molecule has 1 aromatic heterocycles. The van der Waals surface area contributed by atoms with Crippen LogP contribution in [-0.2, 0) is 16.7 Å². The Morgan fingerprint density at radius 2 is 1.81 bits per heavy atom. The minimum Gasteiger partial charge on any atom is -0.327 e. The summed E-state index contributed by atoms with van der Waals surface area (Å²) in [7, 11) is 1.31. The van der Waals surface area contributed by atoms with Crippen molar-refractivity contribution in [2.75, 3.05) is 42.7 Å². The Morgan fingerprint density at radius 3 is 2.39 bits per heavy atom. The Bertz CT molecular complexity index is 1330. The van der Waals surface area contributed by atoms with E-state index in [4.69, 9.17) is 4.84 Å². The van der Waals surface area contributed by atoms with Gasteiger partial charge in [0.1, 0.15) is 0 Å². The van der Waals surface area contributed by atoms with Crippen LogP contribution >= 0.6 is 0 Å². The van der Waals surface area contributed by atoms with Crippen molar-refractivity contribution in [3.63, 3.8) is 0 Å². The molecule has 1 unspecified atom stereocenters. The van der Waals surface area contributed by atoms with Crippen LogP contribution in [0.3, 0.4) is 0 Å². The second-order valence-electron chi connectivity index (χ2n) is 8.38. The van der Waals surface area contributed by atoms with E-state index in [-0.39, 0.29) is 18.1 Å². The normalized spacial score (nSPS) is 18.0. The van der Waals surface area contributed by atoms with Gasteiger partial charge in [0, 0.05) is 33.2 Å². The summed E-state index contributed by atoms with van der Waals surface area (Å²) >= 11 is 0. The number of fused-ring (bicyclic) bond motifs is 1. The Balaban J connectivity index is 1.97. The van der Waals surface area contributed by atoms with Crippen LogP contribution in [0, 0.1) is 18.8 Å². The van der Waals surface area contributed by atoms with Gasteiger partial charge in [0.25, 0.3) is 5.56 Å². The molecule has 192 valence electrons. The Morgan fingerprint density at radius 1 is 1.17 bits per heavy atom. The number of aryl methyl sites for hydroxylation is 1. The van der Waals surface area contributed by atoms with Gasteiger partial charge in [0.05, 0.1) is 12.2 Å². The zero-order valence-electron chi connectivity index (χ0n) is 19.9. The van der Waals surface area contributed by atoms with Gasteiger partial charge in [0.2, 0.25) is 0 Å². The molecule has 36 heavy (non-hydrogen) atoms. The van der Waals surface area contributed by atoms with Crippen molar-refractivity contribution in [2.24, 2.45) is 7.05 Å². The quantitative estimate of drug-likeness (QED) is 0.607. The van der Waals surface area contributed by atoms with Gasteiger partial charge in [-0.3, -0.25) is 14.3 Å². The third-order valence-corrected chi connectivity index (χ3v) is 6.01. The van der Waals surface area contributed by atoms with Crippen LogP contribution < -0.4 is 26.5 Å². The van der Waals surface area contributed by atoms with Crippen LogP contribution in [0.5, 0.6) is 0 Å². The number of nitrogens with one attached hydrogen (secondary N) is 1. The molecule has 1 fully saturated rings. The van der Waals surface area contributed by atoms with Crippen molar-refractivity contribution in [1.29, 1.82) is 0 Å². The third kappa shape index (κ3) is 4.45. The van der Waals surface area contributed by atoms with E-state index in [0.29, 0.717) is 36.9 Å². The molecule has 2 aliphatic heterocycles. The second-order valence-corrected chi connectivity index (χ2v) is 8.38. The van der Waals surface area contributed by atoms with E-state index in [2.05, 4.69) is 17.2 Å². The summed E-state index contributed by atoms with van der Waals surface area (Å²) in [5, 5.41) is 3.85. The van der Waals surface area contributed by atoms with Gasteiger partial charge in [0.15, 0.2) is 17.8 Å². The fourth-order valence-corrected chi connectivity index (χ4v) is 4.28. The van der Waals surface area contributed by atoms with Gasteiger partial charge in [-0.1, -0.05) is 23.6 Å². The van der Waals surface area contributed by atoms with Gasteiger partial charge in [-0.05, 0) is 26.0 Å². The molecule has 0 aliphatic carbocycles. The predicted octanol–water partition coefficient (Wildman–Crippen LogP) is 0.704. The van der Waals surface area contributed by atoms with Crippen molar-refractivity contribution in [1.82, 2.24) is 19.4 Å². The number of anilines is 2. The zero-order valence-corrected chi connectivity index (χ0v) is 19.9. The number of hydroxylamine groups is 1. The monoisotopic (exact) mass is 506 g/mol. The number of nitrogens with zero attached hydrogens (tertiary/aromatic N) is 5. The molecule has 10 nitrogen and oxygen atoms in total. The molecule has 3 heterocycles. The molecule has 1 N–H and O–H groups in total. The molecule has 13 heteroatoms. The number of hydrogen-bond acceptors (Lipinski definition) is 8. The summed E-state index contributed by atoms with van der Waals surface area (Å²) in [4.78, 5) is 47.1. The SMILES string of the molecule is CC#CCN1c2c(n(C)c(=O)n(-c3ccc(C)cc3)c2=O)N(OC(=O)C(F)(F)F)C1N1CCNCC1. The van der Waals surface area contributed by atoms with Gasteiger partial charge in [-0.15, -0.1) is 11.0 Å². The molecule has 0 amide bonds. The molecule has 1 atom stereocenters. The smallest absolute Gasteiger partial charge is 0.327 e. The third-order valence-electron chi connectivity index (χ3n) is 6.01. The summed E-state index contributed by atoms with van der Waals surface area (Å²) in [6, 6.07) is 6.67. The van der Waals surface area contributed by atoms with E-state index in [0.717, 1.165) is 14.7 Å². The van der Waals surface area contributed by atoms with Crippen molar-refractivity contribution in [3.8, 4) is 17.5 Å². The lowest BCUT2D eigenvalue weighted by atomic mass is 10.2. The first-order chi connectivity index (χ1) is 17.1. The number of aromatic nitrogens is 2. The fourth-order valence-electron chi connectivity index (χ4n) is 4.28. The first kappa shape index (κ1) is 25.3. The fraction of sp³-hybridized carbons (Fsp3) is 0.435. The highest BCUT2D eigenvalue weighted by molar-refractivity contribution is 5.80. The molecular weight excluding hydrogens is 481 g/mol. The lowest BCUT2D eigenvalue weighted by Crippen LogP contribution is -2.61. The molecule has 1 aromatic carbocycles. The molecule has 2 aromatic rings. The maximum Gasteiger partial charge on any atom is 0.493 e. The van der Waals surface area contributed by atoms with E-state index in [1.165, 1.54) is 11.9 Å². The van der Waals surface area contributed by atoms with Crippen molar-refractivity contribution in [3.05, 3.63) is 50.7 Å². The van der Waals surface area contributed by atoms with Crippen molar-refractivity contribution >= 4 is 17.5 Å². The predicted molar refractivity (Wildman–Crippen MR) is 126 cm³/mol. The molecule has 0 spiro atoms. The maximum atomic E-state index is 13.8. The lowest BCUT2D eigenvalue weighted by molar-refractivity contribution is -0.203. The molecule has 1 saturated heterocycles. The number of rotatable bonds is 4.